The van der Waals surface area contributed by atoms with E-state index < -0.39 is 0 Å². The molecule has 6 nitrogen and oxygen atoms in total. The summed E-state index contributed by atoms with van der Waals surface area (Å²) in [5, 5.41) is 7.34. The second kappa shape index (κ2) is 5.24. The van der Waals surface area contributed by atoms with E-state index in [0.29, 0.717) is 0 Å². The number of nitrogens with one attached hydrogen (secondary N) is 1. The average molecular weight is 250 g/mol. The van der Waals surface area contributed by atoms with Crippen molar-refractivity contribution in [3.8, 4) is 0 Å². The average Bonchev–Trinajstić information content (AvgIpc) is 3.07. The lowest BCUT2D eigenvalue weighted by Gasteiger charge is -2.13. The monoisotopic (exact) mass is 250 g/mol. The Kier molecular flexibility index (Phi) is 3.47. The topological polar surface area (TPSA) is 74.1 Å². The number of hydrogen-bond donors (Lipinski definition) is 2. The molecular formula is C12H22N6. The Morgan fingerprint density at radius 3 is 2.83 bits per heavy atom. The summed E-state index contributed by atoms with van der Waals surface area (Å²) in [6, 6.07) is 0.275. The van der Waals surface area contributed by atoms with Gasteiger partial charge in [0.15, 0.2) is 0 Å². The molecule has 2 aliphatic rings. The van der Waals surface area contributed by atoms with E-state index in [2.05, 4.69) is 25.0 Å². The van der Waals surface area contributed by atoms with E-state index in [9.17, 15) is 0 Å². The van der Waals surface area contributed by atoms with Crippen molar-refractivity contribution in [1.82, 2.24) is 20.1 Å². The SMILES string of the molecule is NC1CCN(c2n[nH]c(CCN3CCCC3)n2)C1. The van der Waals surface area contributed by atoms with E-state index in [-0.39, 0.29) is 6.04 Å². The molecule has 1 atom stereocenters. The predicted octanol–water partition coefficient (Wildman–Crippen LogP) is -0.0196. The number of aromatic nitrogens is 3. The van der Waals surface area contributed by atoms with Crippen LogP contribution >= 0.6 is 0 Å². The van der Waals surface area contributed by atoms with Gasteiger partial charge in [0.05, 0.1) is 0 Å². The van der Waals surface area contributed by atoms with E-state index in [1.54, 1.807) is 0 Å². The van der Waals surface area contributed by atoms with Crippen LogP contribution in [0, 0.1) is 0 Å². The van der Waals surface area contributed by atoms with Gasteiger partial charge in [-0.05, 0) is 32.4 Å². The number of nitrogens with two attached hydrogens (primary N) is 1. The summed E-state index contributed by atoms with van der Waals surface area (Å²) in [6.45, 7) is 5.42. The van der Waals surface area contributed by atoms with Crippen molar-refractivity contribution in [3.63, 3.8) is 0 Å². The van der Waals surface area contributed by atoms with Crippen molar-refractivity contribution in [2.75, 3.05) is 37.6 Å². The van der Waals surface area contributed by atoms with Gasteiger partial charge in [-0.1, -0.05) is 0 Å². The minimum Gasteiger partial charge on any atom is -0.338 e. The van der Waals surface area contributed by atoms with Gasteiger partial charge in [-0.3, -0.25) is 5.10 Å². The van der Waals surface area contributed by atoms with Crippen LogP contribution in [0.2, 0.25) is 0 Å². The Bertz CT molecular complexity index is 384. The van der Waals surface area contributed by atoms with Gasteiger partial charge in [0.1, 0.15) is 5.82 Å². The van der Waals surface area contributed by atoms with Crippen LogP contribution in [0.15, 0.2) is 0 Å². The van der Waals surface area contributed by atoms with Gasteiger partial charge in [0.2, 0.25) is 5.95 Å². The van der Waals surface area contributed by atoms with Gasteiger partial charge in [-0.15, -0.1) is 5.10 Å². The fourth-order valence-electron chi connectivity index (χ4n) is 2.78. The van der Waals surface area contributed by atoms with Gasteiger partial charge in [-0.25, -0.2) is 0 Å². The summed E-state index contributed by atoms with van der Waals surface area (Å²) < 4.78 is 0. The van der Waals surface area contributed by atoms with Gasteiger partial charge in [0, 0.05) is 32.1 Å². The van der Waals surface area contributed by atoms with Crippen molar-refractivity contribution in [2.24, 2.45) is 5.73 Å². The third kappa shape index (κ3) is 2.64. The molecule has 1 aromatic rings. The summed E-state index contributed by atoms with van der Waals surface area (Å²) >= 11 is 0. The molecule has 3 N–H and O–H groups in total. The van der Waals surface area contributed by atoms with Crippen molar-refractivity contribution in [2.45, 2.75) is 31.7 Å². The number of rotatable bonds is 4. The van der Waals surface area contributed by atoms with E-state index in [4.69, 9.17) is 5.73 Å². The minimum atomic E-state index is 0.275. The Morgan fingerprint density at radius 1 is 1.28 bits per heavy atom. The maximum atomic E-state index is 5.90. The fraction of sp³-hybridized carbons (Fsp3) is 0.833. The molecule has 3 heterocycles. The maximum absolute atomic E-state index is 5.90. The molecule has 2 fully saturated rings. The number of likely N-dealkylation sites (tertiary alicyclic amines) is 1. The van der Waals surface area contributed by atoms with Crippen LogP contribution in [0.1, 0.15) is 25.1 Å². The number of nitrogens with zero attached hydrogens (tertiary/aromatic N) is 4. The normalized spacial score (nSPS) is 25.2. The lowest BCUT2D eigenvalue weighted by Crippen LogP contribution is -2.27. The standard InChI is InChI=1S/C12H22N6/c13-10-3-8-18(9-10)12-14-11(15-16-12)4-7-17-5-1-2-6-17/h10H,1-9,13H2,(H,14,15,16). The van der Waals surface area contributed by atoms with Crippen LogP contribution in [0.4, 0.5) is 5.95 Å². The first-order valence-electron chi connectivity index (χ1n) is 6.95. The van der Waals surface area contributed by atoms with Crippen LogP contribution in [0.3, 0.4) is 0 Å². The molecule has 0 spiro atoms. The summed E-state index contributed by atoms with van der Waals surface area (Å²) in [4.78, 5) is 9.23. The summed E-state index contributed by atoms with van der Waals surface area (Å²) in [5.74, 6) is 1.82. The number of hydrogen-bond acceptors (Lipinski definition) is 5. The third-order valence-electron chi connectivity index (χ3n) is 3.89. The first-order valence-corrected chi connectivity index (χ1v) is 6.95. The zero-order valence-corrected chi connectivity index (χ0v) is 10.8. The van der Waals surface area contributed by atoms with Gasteiger partial charge < -0.3 is 15.5 Å². The number of aromatic amines is 1. The van der Waals surface area contributed by atoms with Crippen LogP contribution in [-0.2, 0) is 6.42 Å². The number of anilines is 1. The van der Waals surface area contributed by atoms with Crippen molar-refractivity contribution < 1.29 is 0 Å². The van der Waals surface area contributed by atoms with Crippen molar-refractivity contribution in [3.05, 3.63) is 5.82 Å². The summed E-state index contributed by atoms with van der Waals surface area (Å²) in [6.07, 6.45) is 4.69. The molecule has 3 rings (SSSR count). The Balaban J connectivity index is 1.52. The molecule has 0 aromatic carbocycles. The summed E-state index contributed by atoms with van der Waals surface area (Å²) in [5.41, 5.74) is 5.90. The van der Waals surface area contributed by atoms with E-state index >= 15 is 0 Å². The quantitative estimate of drug-likeness (QED) is 0.785. The maximum Gasteiger partial charge on any atom is 0.244 e. The highest BCUT2D eigenvalue weighted by Gasteiger charge is 2.22. The second-order valence-corrected chi connectivity index (χ2v) is 5.38. The molecule has 100 valence electrons. The molecule has 0 bridgehead atoms. The van der Waals surface area contributed by atoms with Crippen LogP contribution in [0.25, 0.3) is 0 Å². The summed E-state index contributed by atoms with van der Waals surface area (Å²) in [7, 11) is 0. The largest absolute Gasteiger partial charge is 0.338 e. The van der Waals surface area contributed by atoms with Gasteiger partial charge in [-0.2, -0.15) is 4.98 Å². The van der Waals surface area contributed by atoms with Gasteiger partial charge in [0.25, 0.3) is 0 Å². The smallest absolute Gasteiger partial charge is 0.244 e. The fourth-order valence-corrected chi connectivity index (χ4v) is 2.78. The highest BCUT2D eigenvalue weighted by atomic mass is 15.4. The van der Waals surface area contributed by atoms with Crippen molar-refractivity contribution >= 4 is 5.95 Å². The van der Waals surface area contributed by atoms with E-state index in [1.165, 1.54) is 25.9 Å². The molecule has 6 heteroatoms. The molecule has 0 radical (unpaired) electrons. The zero-order chi connectivity index (χ0) is 12.4. The molecule has 2 aliphatic heterocycles. The van der Waals surface area contributed by atoms with Crippen LogP contribution in [0.5, 0.6) is 0 Å². The molecule has 1 aromatic heterocycles. The molecule has 0 amide bonds. The highest BCUT2D eigenvalue weighted by Crippen LogP contribution is 2.15. The first-order chi connectivity index (χ1) is 8.81. The van der Waals surface area contributed by atoms with Crippen molar-refractivity contribution in [1.29, 1.82) is 0 Å². The minimum absolute atomic E-state index is 0.275. The van der Waals surface area contributed by atoms with E-state index in [1.807, 2.05) is 0 Å². The molecule has 0 aliphatic carbocycles. The van der Waals surface area contributed by atoms with Gasteiger partial charge >= 0.3 is 0 Å². The molecule has 2 saturated heterocycles. The molecule has 1 unspecified atom stereocenters. The Hall–Kier alpha value is -1.14. The first kappa shape index (κ1) is 11.9. The Morgan fingerprint density at radius 2 is 2.11 bits per heavy atom. The highest BCUT2D eigenvalue weighted by molar-refractivity contribution is 5.31. The number of H-pyrrole nitrogens is 1. The predicted molar refractivity (Wildman–Crippen MR) is 70.6 cm³/mol. The lowest BCUT2D eigenvalue weighted by molar-refractivity contribution is 0.341. The molecule has 18 heavy (non-hydrogen) atoms. The van der Waals surface area contributed by atoms with Crippen LogP contribution < -0.4 is 10.6 Å². The Labute approximate surface area is 108 Å². The third-order valence-corrected chi connectivity index (χ3v) is 3.89. The lowest BCUT2D eigenvalue weighted by atomic mass is 10.3. The van der Waals surface area contributed by atoms with Crippen LogP contribution in [-0.4, -0.2) is 58.8 Å². The molecule has 0 saturated carbocycles. The molecular weight excluding hydrogens is 228 g/mol. The second-order valence-electron chi connectivity index (χ2n) is 5.38. The van der Waals surface area contributed by atoms with E-state index in [0.717, 1.165) is 44.2 Å². The zero-order valence-electron chi connectivity index (χ0n) is 10.8.